The summed E-state index contributed by atoms with van der Waals surface area (Å²) >= 11 is 0. The number of aromatic nitrogens is 2. The van der Waals surface area contributed by atoms with Crippen molar-refractivity contribution in [1.29, 1.82) is 0 Å². The van der Waals surface area contributed by atoms with Gasteiger partial charge in [-0.05, 0) is 62.4 Å². The van der Waals surface area contributed by atoms with Gasteiger partial charge < -0.3 is 9.80 Å². The number of hydrogen-bond acceptors (Lipinski definition) is 4. The summed E-state index contributed by atoms with van der Waals surface area (Å²) in [4.78, 5) is 24.5. The van der Waals surface area contributed by atoms with Crippen LogP contribution in [-0.2, 0) is 25.7 Å². The molecule has 0 radical (unpaired) electrons. The summed E-state index contributed by atoms with van der Waals surface area (Å²) in [5.41, 5.74) is 4.99. The molecule has 0 saturated carbocycles. The molecule has 2 aromatic carbocycles. The lowest BCUT2D eigenvalue weighted by atomic mass is 10.00. The lowest BCUT2D eigenvalue weighted by Crippen LogP contribution is -2.41. The van der Waals surface area contributed by atoms with E-state index in [9.17, 15) is 4.79 Å². The summed E-state index contributed by atoms with van der Waals surface area (Å²) in [6.45, 7) is 0.781. The number of fused-ring (bicyclic) bond motifs is 1. The predicted octanol–water partition coefficient (Wildman–Crippen LogP) is 3.34. The van der Waals surface area contributed by atoms with Crippen LogP contribution in [0.2, 0.25) is 0 Å². The first-order chi connectivity index (χ1) is 15.0. The summed E-state index contributed by atoms with van der Waals surface area (Å²) in [7, 11) is 6.21. The molecule has 1 aromatic heterocycles. The molecule has 0 saturated heterocycles. The molecule has 1 aliphatic carbocycles. The molecule has 5 nitrogen and oxygen atoms in total. The summed E-state index contributed by atoms with van der Waals surface area (Å²) in [6, 6.07) is 21.1. The van der Waals surface area contributed by atoms with E-state index in [-0.39, 0.29) is 5.56 Å². The normalized spacial score (nSPS) is 14.6. The Balaban J connectivity index is 1.45. The maximum Gasteiger partial charge on any atom is 0.252 e. The highest BCUT2D eigenvalue weighted by molar-refractivity contribution is 5.34. The van der Waals surface area contributed by atoms with Crippen molar-refractivity contribution in [3.8, 4) is 0 Å². The number of hydrogen-bond donors (Lipinski definition) is 1. The number of anilines is 1. The predicted molar refractivity (Wildman–Crippen MR) is 127 cm³/mol. The van der Waals surface area contributed by atoms with Gasteiger partial charge in [0, 0.05) is 25.7 Å². The Morgan fingerprint density at radius 2 is 1.65 bits per heavy atom. The maximum absolute atomic E-state index is 12.4. The van der Waals surface area contributed by atoms with E-state index in [0.29, 0.717) is 17.9 Å². The lowest BCUT2D eigenvalue weighted by molar-refractivity contribution is 0.294. The van der Waals surface area contributed by atoms with E-state index in [1.807, 2.05) is 13.1 Å². The van der Waals surface area contributed by atoms with Crippen molar-refractivity contribution in [3.63, 3.8) is 0 Å². The third-order valence-corrected chi connectivity index (χ3v) is 6.31. The first-order valence-corrected chi connectivity index (χ1v) is 11.1. The largest absolute Gasteiger partial charge is 0.344 e. The summed E-state index contributed by atoms with van der Waals surface area (Å²) < 4.78 is 0. The highest BCUT2D eigenvalue weighted by atomic mass is 16.1. The van der Waals surface area contributed by atoms with Crippen LogP contribution in [0.15, 0.2) is 65.5 Å². The molecular formula is C26H32N4O. The minimum absolute atomic E-state index is 0.0770. The van der Waals surface area contributed by atoms with Gasteiger partial charge >= 0.3 is 0 Å². The zero-order valence-corrected chi connectivity index (χ0v) is 18.7. The van der Waals surface area contributed by atoms with Crippen molar-refractivity contribution >= 4 is 5.95 Å². The Morgan fingerprint density at radius 3 is 2.29 bits per heavy atom. The van der Waals surface area contributed by atoms with Gasteiger partial charge in [0.2, 0.25) is 5.95 Å². The number of benzene rings is 2. The second-order valence-corrected chi connectivity index (χ2v) is 9.00. The molecule has 4 rings (SSSR count). The van der Waals surface area contributed by atoms with E-state index < -0.39 is 0 Å². The Labute approximate surface area is 184 Å². The molecule has 1 unspecified atom stereocenters. The van der Waals surface area contributed by atoms with Gasteiger partial charge in [-0.15, -0.1) is 0 Å². The average molecular weight is 417 g/mol. The quantitative estimate of drug-likeness (QED) is 0.612. The van der Waals surface area contributed by atoms with E-state index in [1.54, 1.807) is 6.07 Å². The van der Waals surface area contributed by atoms with Crippen molar-refractivity contribution in [2.24, 2.45) is 5.92 Å². The zero-order chi connectivity index (χ0) is 21.8. The maximum atomic E-state index is 12.4. The molecule has 1 atom stereocenters. The van der Waals surface area contributed by atoms with Crippen LogP contribution in [0.1, 0.15) is 22.4 Å². The molecular weight excluding hydrogens is 384 g/mol. The molecule has 1 heterocycles. The molecule has 31 heavy (non-hydrogen) atoms. The smallest absolute Gasteiger partial charge is 0.252 e. The van der Waals surface area contributed by atoms with Crippen LogP contribution in [0.3, 0.4) is 0 Å². The summed E-state index contributed by atoms with van der Waals surface area (Å²) in [5.74, 6) is 1.16. The fourth-order valence-electron chi connectivity index (χ4n) is 4.57. The van der Waals surface area contributed by atoms with Crippen LogP contribution in [-0.4, -0.2) is 48.6 Å². The fourth-order valence-corrected chi connectivity index (χ4v) is 4.57. The highest BCUT2D eigenvalue weighted by Crippen LogP contribution is 2.28. The Morgan fingerprint density at radius 1 is 1.00 bits per heavy atom. The molecule has 0 bridgehead atoms. The molecule has 1 aliphatic rings. The standard InChI is InChI=1S/C26H32N4O/c1-29(2)24(16-19-9-5-4-6-10-19)18-30(3)26-27-23(17-25(31)28-26)15-20-13-21-11-7-8-12-22(21)14-20/h4-12,17,20,24H,13-16,18H2,1-3H3,(H,27,28,31). The van der Waals surface area contributed by atoms with Gasteiger partial charge in [0.15, 0.2) is 0 Å². The van der Waals surface area contributed by atoms with Crippen molar-refractivity contribution in [2.45, 2.75) is 31.7 Å². The SMILES string of the molecule is CN(CC(Cc1ccccc1)N(C)C)c1nc(CC2Cc3ccccc3C2)cc(=O)[nH]1. The van der Waals surface area contributed by atoms with Crippen LogP contribution >= 0.6 is 0 Å². The molecule has 3 aromatic rings. The highest BCUT2D eigenvalue weighted by Gasteiger charge is 2.22. The van der Waals surface area contributed by atoms with E-state index in [2.05, 4.69) is 77.4 Å². The van der Waals surface area contributed by atoms with Gasteiger partial charge in [0.25, 0.3) is 5.56 Å². The zero-order valence-electron chi connectivity index (χ0n) is 18.7. The molecule has 0 spiro atoms. The molecule has 0 fully saturated rings. The van der Waals surface area contributed by atoms with Gasteiger partial charge in [-0.2, -0.15) is 0 Å². The summed E-state index contributed by atoms with van der Waals surface area (Å²) in [5, 5.41) is 0. The molecule has 0 amide bonds. The number of likely N-dealkylation sites (N-methyl/N-ethyl adjacent to an activating group) is 2. The Hall–Kier alpha value is -2.92. The molecule has 1 N–H and O–H groups in total. The van der Waals surface area contributed by atoms with E-state index in [0.717, 1.165) is 37.9 Å². The van der Waals surface area contributed by atoms with Crippen molar-refractivity contribution < 1.29 is 0 Å². The first-order valence-electron chi connectivity index (χ1n) is 11.1. The molecule has 0 aliphatic heterocycles. The average Bonchev–Trinajstić information content (AvgIpc) is 3.15. The van der Waals surface area contributed by atoms with Crippen molar-refractivity contribution in [1.82, 2.24) is 14.9 Å². The molecule has 5 heteroatoms. The van der Waals surface area contributed by atoms with Crippen LogP contribution in [0.25, 0.3) is 0 Å². The van der Waals surface area contributed by atoms with E-state index in [1.165, 1.54) is 16.7 Å². The van der Waals surface area contributed by atoms with E-state index >= 15 is 0 Å². The third kappa shape index (κ3) is 5.42. The van der Waals surface area contributed by atoms with Crippen molar-refractivity contribution in [3.05, 3.63) is 93.4 Å². The monoisotopic (exact) mass is 416 g/mol. The van der Waals surface area contributed by atoms with Crippen LogP contribution in [0, 0.1) is 5.92 Å². The lowest BCUT2D eigenvalue weighted by Gasteiger charge is -2.29. The number of nitrogens with one attached hydrogen (secondary N) is 1. The van der Waals surface area contributed by atoms with Gasteiger partial charge in [-0.3, -0.25) is 9.78 Å². The summed E-state index contributed by atoms with van der Waals surface area (Å²) in [6.07, 6.45) is 3.91. The van der Waals surface area contributed by atoms with Gasteiger partial charge in [-0.1, -0.05) is 54.6 Å². The van der Waals surface area contributed by atoms with E-state index in [4.69, 9.17) is 4.98 Å². The molecule has 162 valence electrons. The van der Waals surface area contributed by atoms with Crippen LogP contribution in [0.5, 0.6) is 0 Å². The topological polar surface area (TPSA) is 52.2 Å². The number of nitrogens with zero attached hydrogens (tertiary/aromatic N) is 3. The van der Waals surface area contributed by atoms with Gasteiger partial charge in [0.1, 0.15) is 0 Å². The number of rotatable bonds is 8. The van der Waals surface area contributed by atoms with Crippen LogP contribution in [0.4, 0.5) is 5.95 Å². The van der Waals surface area contributed by atoms with Crippen molar-refractivity contribution in [2.75, 3.05) is 32.6 Å². The fraction of sp³-hybridized carbons (Fsp3) is 0.385. The Kier molecular flexibility index (Phi) is 6.52. The van der Waals surface area contributed by atoms with Gasteiger partial charge in [-0.25, -0.2) is 4.98 Å². The number of H-pyrrole nitrogens is 1. The minimum Gasteiger partial charge on any atom is -0.344 e. The second-order valence-electron chi connectivity index (χ2n) is 9.00. The first kappa shape index (κ1) is 21.3. The second kappa shape index (κ2) is 9.48. The van der Waals surface area contributed by atoms with Crippen LogP contribution < -0.4 is 10.5 Å². The Bertz CT molecular complexity index is 1040. The minimum atomic E-state index is -0.0770. The number of aromatic amines is 1. The van der Waals surface area contributed by atoms with Gasteiger partial charge in [0.05, 0.1) is 5.69 Å². The third-order valence-electron chi connectivity index (χ3n) is 6.31.